The second-order valence-corrected chi connectivity index (χ2v) is 6.83. The Labute approximate surface area is 156 Å². The van der Waals surface area contributed by atoms with E-state index in [9.17, 15) is 18.8 Å². The number of benzene rings is 1. The first-order chi connectivity index (χ1) is 12.4. The molecule has 0 spiro atoms. The van der Waals surface area contributed by atoms with Gasteiger partial charge in [-0.3, -0.25) is 14.9 Å². The zero-order valence-electron chi connectivity index (χ0n) is 14.5. The molecule has 0 unspecified atom stereocenters. The molecule has 1 aliphatic carbocycles. The Balaban J connectivity index is 1.74. The van der Waals surface area contributed by atoms with Gasteiger partial charge in [-0.15, -0.1) is 0 Å². The van der Waals surface area contributed by atoms with Crippen molar-refractivity contribution in [3.8, 4) is 0 Å². The van der Waals surface area contributed by atoms with E-state index in [2.05, 4.69) is 17.6 Å². The fraction of sp³-hybridized carbons (Fsp3) is 0.500. The summed E-state index contributed by atoms with van der Waals surface area (Å²) in [6.07, 6.45) is 3.70. The van der Waals surface area contributed by atoms with Crippen LogP contribution in [0.5, 0.6) is 0 Å². The molecule has 0 aliphatic heterocycles. The number of amides is 3. The molecule has 2 atom stereocenters. The van der Waals surface area contributed by atoms with Gasteiger partial charge in [0.2, 0.25) is 0 Å². The van der Waals surface area contributed by atoms with Gasteiger partial charge < -0.3 is 10.1 Å². The van der Waals surface area contributed by atoms with Crippen LogP contribution in [0.1, 0.15) is 38.2 Å². The molecule has 0 saturated heterocycles. The smallest absolute Gasteiger partial charge is 0.321 e. The number of ether oxygens (including phenoxy) is 1. The molecule has 1 saturated carbocycles. The maximum Gasteiger partial charge on any atom is 0.321 e. The fourth-order valence-corrected chi connectivity index (χ4v) is 3.17. The van der Waals surface area contributed by atoms with Crippen molar-refractivity contribution >= 4 is 29.5 Å². The molecule has 142 valence electrons. The second kappa shape index (κ2) is 9.52. The van der Waals surface area contributed by atoms with Crippen molar-refractivity contribution in [2.45, 2.75) is 45.1 Å². The summed E-state index contributed by atoms with van der Waals surface area (Å²) in [7, 11) is 0. The minimum absolute atomic E-state index is 0.00334. The van der Waals surface area contributed by atoms with Crippen molar-refractivity contribution < 1.29 is 23.5 Å². The number of halogens is 2. The van der Waals surface area contributed by atoms with Crippen molar-refractivity contribution in [1.82, 2.24) is 10.6 Å². The van der Waals surface area contributed by atoms with E-state index >= 15 is 0 Å². The molecule has 2 N–H and O–H groups in total. The van der Waals surface area contributed by atoms with Gasteiger partial charge in [-0.1, -0.05) is 37.4 Å². The highest BCUT2D eigenvalue weighted by Crippen LogP contribution is 2.23. The van der Waals surface area contributed by atoms with Crippen LogP contribution >= 0.6 is 11.6 Å². The number of rotatable bonds is 5. The second-order valence-electron chi connectivity index (χ2n) is 6.43. The van der Waals surface area contributed by atoms with Gasteiger partial charge in [0.25, 0.3) is 5.91 Å². The third-order valence-electron chi connectivity index (χ3n) is 4.43. The van der Waals surface area contributed by atoms with Gasteiger partial charge in [-0.25, -0.2) is 9.18 Å². The summed E-state index contributed by atoms with van der Waals surface area (Å²) in [5, 5.41) is 4.99. The maximum atomic E-state index is 13.6. The summed E-state index contributed by atoms with van der Waals surface area (Å²) >= 11 is 5.83. The molecule has 8 heteroatoms. The molecular weight excluding hydrogens is 363 g/mol. The third-order valence-corrected chi connectivity index (χ3v) is 4.78. The number of hydrogen-bond acceptors (Lipinski definition) is 4. The highest BCUT2D eigenvalue weighted by molar-refractivity contribution is 6.31. The number of urea groups is 1. The van der Waals surface area contributed by atoms with E-state index in [1.54, 1.807) is 0 Å². The zero-order chi connectivity index (χ0) is 19.1. The van der Waals surface area contributed by atoms with Gasteiger partial charge >= 0.3 is 12.0 Å². The predicted molar refractivity (Wildman–Crippen MR) is 94.2 cm³/mol. The largest absolute Gasteiger partial charge is 0.455 e. The highest BCUT2D eigenvalue weighted by Gasteiger charge is 2.23. The van der Waals surface area contributed by atoms with E-state index < -0.39 is 36.8 Å². The van der Waals surface area contributed by atoms with Crippen LogP contribution < -0.4 is 10.6 Å². The molecule has 26 heavy (non-hydrogen) atoms. The molecule has 1 aromatic rings. The van der Waals surface area contributed by atoms with Crippen molar-refractivity contribution in [1.29, 1.82) is 0 Å². The lowest BCUT2D eigenvalue weighted by molar-refractivity contribution is -0.147. The van der Waals surface area contributed by atoms with Gasteiger partial charge in [-0.2, -0.15) is 0 Å². The van der Waals surface area contributed by atoms with Crippen LogP contribution in [-0.4, -0.2) is 30.6 Å². The Kier molecular flexibility index (Phi) is 7.38. The summed E-state index contributed by atoms with van der Waals surface area (Å²) < 4.78 is 18.4. The lowest BCUT2D eigenvalue weighted by Gasteiger charge is -2.29. The molecule has 0 aromatic heterocycles. The molecule has 0 heterocycles. The number of hydrogen-bond donors (Lipinski definition) is 2. The molecule has 1 fully saturated rings. The lowest BCUT2D eigenvalue weighted by atomic mass is 9.86. The Morgan fingerprint density at radius 3 is 2.69 bits per heavy atom. The topological polar surface area (TPSA) is 84.5 Å². The van der Waals surface area contributed by atoms with E-state index in [1.165, 1.54) is 18.2 Å². The minimum Gasteiger partial charge on any atom is -0.455 e. The van der Waals surface area contributed by atoms with Crippen LogP contribution in [0.3, 0.4) is 0 Å². The average Bonchev–Trinajstić information content (AvgIpc) is 2.58. The number of carbonyl (C=O) groups excluding carboxylic acids is 3. The maximum absolute atomic E-state index is 13.6. The lowest BCUT2D eigenvalue weighted by Crippen LogP contribution is -2.48. The Morgan fingerprint density at radius 2 is 2.00 bits per heavy atom. The van der Waals surface area contributed by atoms with Crippen LogP contribution in [0.2, 0.25) is 5.02 Å². The van der Waals surface area contributed by atoms with Crippen LogP contribution in [0.4, 0.5) is 9.18 Å². The third kappa shape index (κ3) is 5.98. The van der Waals surface area contributed by atoms with Gasteiger partial charge in [-0.05, 0) is 30.9 Å². The molecule has 1 aromatic carbocycles. The fourth-order valence-electron chi connectivity index (χ4n) is 2.94. The summed E-state index contributed by atoms with van der Waals surface area (Å²) in [6, 6.07) is 3.48. The molecule has 0 bridgehead atoms. The van der Waals surface area contributed by atoms with Gasteiger partial charge in [0.1, 0.15) is 5.82 Å². The average molecular weight is 385 g/mol. The summed E-state index contributed by atoms with van der Waals surface area (Å²) in [6.45, 7) is 1.43. The summed E-state index contributed by atoms with van der Waals surface area (Å²) in [5.74, 6) is -1.83. The number of carbonyl (C=O) groups is 3. The molecule has 6 nitrogen and oxygen atoms in total. The molecule has 0 radical (unpaired) electrons. The van der Waals surface area contributed by atoms with Crippen LogP contribution in [0.15, 0.2) is 18.2 Å². The first-order valence-corrected chi connectivity index (χ1v) is 8.93. The Bertz CT molecular complexity index is 663. The van der Waals surface area contributed by atoms with Gasteiger partial charge in [0.15, 0.2) is 6.61 Å². The highest BCUT2D eigenvalue weighted by atomic mass is 35.5. The first kappa shape index (κ1) is 20.2. The summed E-state index contributed by atoms with van der Waals surface area (Å²) in [5.41, 5.74) is 0.00334. The van der Waals surface area contributed by atoms with E-state index in [0.717, 1.165) is 25.7 Å². The van der Waals surface area contributed by atoms with Gasteiger partial charge in [0.05, 0.1) is 6.42 Å². The van der Waals surface area contributed by atoms with E-state index in [4.69, 9.17) is 16.3 Å². The summed E-state index contributed by atoms with van der Waals surface area (Å²) in [4.78, 5) is 35.3. The zero-order valence-corrected chi connectivity index (χ0v) is 15.3. The molecular formula is C18H22ClFN2O4. The monoisotopic (exact) mass is 384 g/mol. The van der Waals surface area contributed by atoms with Crippen molar-refractivity contribution in [3.05, 3.63) is 34.6 Å². The molecule has 3 amide bonds. The Hall–Kier alpha value is -2.15. The Morgan fingerprint density at radius 1 is 1.27 bits per heavy atom. The van der Waals surface area contributed by atoms with E-state index in [-0.39, 0.29) is 16.6 Å². The van der Waals surface area contributed by atoms with Crippen molar-refractivity contribution in [2.24, 2.45) is 5.92 Å². The van der Waals surface area contributed by atoms with Crippen molar-refractivity contribution in [2.75, 3.05) is 6.61 Å². The first-order valence-electron chi connectivity index (χ1n) is 8.55. The van der Waals surface area contributed by atoms with E-state index in [0.29, 0.717) is 5.92 Å². The van der Waals surface area contributed by atoms with Crippen LogP contribution in [0.25, 0.3) is 0 Å². The van der Waals surface area contributed by atoms with Crippen LogP contribution in [-0.2, 0) is 20.7 Å². The standard InChI is InChI=1S/C18H22ClFN2O4/c1-11-5-2-3-8-15(11)21-18(25)22-16(23)10-26-17(24)9-12-13(19)6-4-7-14(12)20/h4,6-7,11,15H,2-3,5,8-10H2,1H3,(H2,21,22,23,25)/t11-,15+/m1/s1. The predicted octanol–water partition coefficient (Wildman–Crippen LogP) is 2.97. The minimum atomic E-state index is -0.812. The quantitative estimate of drug-likeness (QED) is 0.764. The van der Waals surface area contributed by atoms with E-state index in [1.807, 2.05) is 0 Å². The number of nitrogens with one attached hydrogen (secondary N) is 2. The molecule has 2 rings (SSSR count). The van der Waals surface area contributed by atoms with Crippen molar-refractivity contribution in [3.63, 3.8) is 0 Å². The number of imide groups is 1. The number of esters is 1. The van der Waals surface area contributed by atoms with Gasteiger partial charge in [0, 0.05) is 16.6 Å². The normalized spacial score (nSPS) is 19.5. The van der Waals surface area contributed by atoms with Crippen LogP contribution in [0, 0.1) is 11.7 Å². The molecule has 1 aliphatic rings. The SMILES string of the molecule is C[C@@H]1CCCC[C@@H]1NC(=O)NC(=O)COC(=O)Cc1c(F)cccc1Cl.